The van der Waals surface area contributed by atoms with Crippen LogP contribution in [-0.2, 0) is 28.6 Å². The Balaban J connectivity index is 1.83. The van der Waals surface area contributed by atoms with Gasteiger partial charge in [0.15, 0.2) is 6.10 Å². The second-order valence-corrected chi connectivity index (χ2v) is 7.89. The van der Waals surface area contributed by atoms with Gasteiger partial charge in [0, 0.05) is 0 Å². The standard InChI is InChI=1S/C23H24O6/c1-23(2,3)29-21(25)17-14-18(24)27-20(17)22(26)28-19(15-10-6-4-7-11-15)16-12-8-5-9-13-16/h4-13,17,19-20H,14H2,1-3H3. The molecule has 1 aliphatic heterocycles. The lowest BCUT2D eigenvalue weighted by Crippen LogP contribution is -2.37. The zero-order valence-electron chi connectivity index (χ0n) is 16.7. The van der Waals surface area contributed by atoms with Crippen LogP contribution in [0.15, 0.2) is 60.7 Å². The predicted octanol–water partition coefficient (Wildman–Crippen LogP) is 3.59. The number of hydrogen-bond acceptors (Lipinski definition) is 6. The van der Waals surface area contributed by atoms with Crippen LogP contribution >= 0.6 is 0 Å². The van der Waals surface area contributed by atoms with Crippen LogP contribution in [0.4, 0.5) is 0 Å². The largest absolute Gasteiger partial charge is 0.460 e. The second kappa shape index (κ2) is 8.47. The summed E-state index contributed by atoms with van der Waals surface area (Å²) in [5.74, 6) is -3.08. The van der Waals surface area contributed by atoms with Gasteiger partial charge in [-0.1, -0.05) is 60.7 Å². The molecule has 3 rings (SSSR count). The third-order valence-corrected chi connectivity index (χ3v) is 4.39. The Morgan fingerprint density at radius 1 is 0.931 bits per heavy atom. The summed E-state index contributed by atoms with van der Waals surface area (Å²) < 4.78 is 16.2. The Morgan fingerprint density at radius 3 is 1.93 bits per heavy atom. The summed E-state index contributed by atoms with van der Waals surface area (Å²) in [7, 11) is 0. The van der Waals surface area contributed by atoms with Crippen LogP contribution in [0.1, 0.15) is 44.4 Å². The summed E-state index contributed by atoms with van der Waals surface area (Å²) >= 11 is 0. The van der Waals surface area contributed by atoms with Crippen LogP contribution < -0.4 is 0 Å². The molecule has 152 valence electrons. The smallest absolute Gasteiger partial charge is 0.349 e. The summed E-state index contributed by atoms with van der Waals surface area (Å²) in [6.45, 7) is 5.16. The molecule has 0 spiro atoms. The van der Waals surface area contributed by atoms with E-state index in [1.807, 2.05) is 60.7 Å². The third kappa shape index (κ3) is 5.22. The molecule has 0 aliphatic carbocycles. The summed E-state index contributed by atoms with van der Waals surface area (Å²) in [5.41, 5.74) is 0.795. The molecule has 0 bridgehead atoms. The first-order valence-electron chi connectivity index (χ1n) is 9.47. The van der Waals surface area contributed by atoms with E-state index in [4.69, 9.17) is 14.2 Å². The van der Waals surface area contributed by atoms with Crippen molar-refractivity contribution in [3.8, 4) is 0 Å². The van der Waals surface area contributed by atoms with E-state index in [2.05, 4.69) is 0 Å². The second-order valence-electron chi connectivity index (χ2n) is 7.89. The van der Waals surface area contributed by atoms with Crippen LogP contribution in [-0.4, -0.2) is 29.6 Å². The van der Waals surface area contributed by atoms with Gasteiger partial charge in [-0.25, -0.2) is 4.79 Å². The summed E-state index contributed by atoms with van der Waals surface area (Å²) in [5, 5.41) is 0. The average molecular weight is 396 g/mol. The highest BCUT2D eigenvalue weighted by Gasteiger charge is 2.47. The predicted molar refractivity (Wildman–Crippen MR) is 105 cm³/mol. The minimum absolute atomic E-state index is 0.212. The highest BCUT2D eigenvalue weighted by Crippen LogP contribution is 2.31. The molecule has 6 heteroatoms. The maximum atomic E-state index is 12.9. The van der Waals surface area contributed by atoms with Gasteiger partial charge in [-0.15, -0.1) is 0 Å². The van der Waals surface area contributed by atoms with Crippen molar-refractivity contribution in [2.75, 3.05) is 0 Å². The van der Waals surface area contributed by atoms with Crippen molar-refractivity contribution in [2.24, 2.45) is 5.92 Å². The molecule has 0 saturated carbocycles. The van der Waals surface area contributed by atoms with Crippen LogP contribution in [0.25, 0.3) is 0 Å². The average Bonchev–Trinajstić information content (AvgIpc) is 3.08. The number of esters is 3. The van der Waals surface area contributed by atoms with E-state index in [9.17, 15) is 14.4 Å². The maximum absolute atomic E-state index is 12.9. The molecule has 2 aromatic rings. The first-order chi connectivity index (χ1) is 13.7. The highest BCUT2D eigenvalue weighted by atomic mass is 16.6. The zero-order chi connectivity index (χ0) is 21.0. The molecule has 2 atom stereocenters. The quantitative estimate of drug-likeness (QED) is 0.568. The van der Waals surface area contributed by atoms with Gasteiger partial charge in [0.2, 0.25) is 6.10 Å². The minimum Gasteiger partial charge on any atom is -0.460 e. The van der Waals surface area contributed by atoms with Crippen molar-refractivity contribution in [1.82, 2.24) is 0 Å². The number of hydrogen-bond donors (Lipinski definition) is 0. The topological polar surface area (TPSA) is 78.9 Å². The maximum Gasteiger partial charge on any atom is 0.349 e. The molecule has 2 unspecified atom stereocenters. The molecule has 0 amide bonds. The van der Waals surface area contributed by atoms with Gasteiger partial charge in [0.1, 0.15) is 11.5 Å². The lowest BCUT2D eigenvalue weighted by Gasteiger charge is -2.25. The summed E-state index contributed by atoms with van der Waals surface area (Å²) in [6, 6.07) is 18.5. The van der Waals surface area contributed by atoms with Crippen LogP contribution in [0.2, 0.25) is 0 Å². The van der Waals surface area contributed by atoms with Crippen LogP contribution in [0.5, 0.6) is 0 Å². The van der Waals surface area contributed by atoms with Gasteiger partial charge < -0.3 is 14.2 Å². The SMILES string of the molecule is CC(C)(C)OC(=O)C1CC(=O)OC1C(=O)OC(c1ccccc1)c1ccccc1. The number of carbonyl (C=O) groups excluding carboxylic acids is 3. The first-order valence-corrected chi connectivity index (χ1v) is 9.47. The monoisotopic (exact) mass is 396 g/mol. The van der Waals surface area contributed by atoms with E-state index in [0.29, 0.717) is 0 Å². The van der Waals surface area contributed by atoms with Crippen molar-refractivity contribution >= 4 is 17.9 Å². The molecule has 1 heterocycles. The third-order valence-electron chi connectivity index (χ3n) is 4.39. The Labute approximate surface area is 169 Å². The highest BCUT2D eigenvalue weighted by molar-refractivity contribution is 5.92. The van der Waals surface area contributed by atoms with E-state index < -0.39 is 41.6 Å². The molecule has 6 nitrogen and oxygen atoms in total. The van der Waals surface area contributed by atoms with E-state index >= 15 is 0 Å². The number of cyclic esters (lactones) is 1. The lowest BCUT2D eigenvalue weighted by atomic mass is 9.99. The van der Waals surface area contributed by atoms with Crippen molar-refractivity contribution in [3.63, 3.8) is 0 Å². The van der Waals surface area contributed by atoms with Gasteiger partial charge in [-0.05, 0) is 31.9 Å². The van der Waals surface area contributed by atoms with Gasteiger partial charge >= 0.3 is 17.9 Å². The van der Waals surface area contributed by atoms with Crippen LogP contribution in [0, 0.1) is 5.92 Å². The van der Waals surface area contributed by atoms with Gasteiger partial charge in [0.25, 0.3) is 0 Å². The molecule has 1 fully saturated rings. The number of rotatable bonds is 5. The molecule has 0 N–H and O–H groups in total. The fourth-order valence-electron chi connectivity index (χ4n) is 3.12. The van der Waals surface area contributed by atoms with Gasteiger partial charge in [-0.3, -0.25) is 9.59 Å². The van der Waals surface area contributed by atoms with E-state index in [1.54, 1.807) is 20.8 Å². The Kier molecular flexibility index (Phi) is 6.01. The molecule has 1 aliphatic rings. The van der Waals surface area contributed by atoms with Crippen molar-refractivity contribution < 1.29 is 28.6 Å². The minimum atomic E-state index is -1.33. The number of benzene rings is 2. The lowest BCUT2D eigenvalue weighted by molar-refractivity contribution is -0.173. The Hall–Kier alpha value is -3.15. The fourth-order valence-corrected chi connectivity index (χ4v) is 3.12. The summed E-state index contributed by atoms with van der Waals surface area (Å²) in [4.78, 5) is 37.2. The molecular formula is C23H24O6. The first kappa shape index (κ1) is 20.6. The van der Waals surface area contributed by atoms with Crippen molar-refractivity contribution in [1.29, 1.82) is 0 Å². The van der Waals surface area contributed by atoms with Gasteiger partial charge in [0.05, 0.1) is 6.42 Å². The van der Waals surface area contributed by atoms with Crippen LogP contribution in [0.3, 0.4) is 0 Å². The Bertz CT molecular complexity index is 830. The van der Waals surface area contributed by atoms with Crippen molar-refractivity contribution in [3.05, 3.63) is 71.8 Å². The Morgan fingerprint density at radius 2 is 1.45 bits per heavy atom. The zero-order valence-corrected chi connectivity index (χ0v) is 16.7. The molecule has 0 aromatic heterocycles. The molecule has 29 heavy (non-hydrogen) atoms. The molecule has 1 saturated heterocycles. The summed E-state index contributed by atoms with van der Waals surface area (Å²) in [6.07, 6.45) is -2.23. The fraction of sp³-hybridized carbons (Fsp3) is 0.348. The number of carbonyl (C=O) groups is 3. The van der Waals surface area contributed by atoms with Gasteiger partial charge in [-0.2, -0.15) is 0 Å². The van der Waals surface area contributed by atoms with E-state index in [0.717, 1.165) is 11.1 Å². The molecular weight excluding hydrogens is 372 g/mol. The normalized spacial score (nSPS) is 19.0. The van der Waals surface area contributed by atoms with Crippen molar-refractivity contribution in [2.45, 2.75) is 45.0 Å². The molecule has 0 radical (unpaired) electrons. The molecule has 2 aromatic carbocycles. The van der Waals surface area contributed by atoms with E-state index in [1.165, 1.54) is 0 Å². The number of ether oxygens (including phenoxy) is 3. The van der Waals surface area contributed by atoms with E-state index in [-0.39, 0.29) is 6.42 Å².